The van der Waals surface area contributed by atoms with E-state index in [0.717, 1.165) is 24.0 Å². The molecule has 0 atom stereocenters. The van der Waals surface area contributed by atoms with Gasteiger partial charge in [-0.25, -0.2) is 4.79 Å². The quantitative estimate of drug-likeness (QED) is 0.814. The molecular formula is C17H24ClNO4. The highest BCUT2D eigenvalue weighted by atomic mass is 35.5. The number of methoxy groups -OCH3 is 2. The number of nitrogens with zero attached hydrogens (tertiary/aromatic N) is 1. The van der Waals surface area contributed by atoms with Crippen LogP contribution in [-0.4, -0.2) is 37.4 Å². The molecule has 0 N–H and O–H groups in total. The van der Waals surface area contributed by atoms with E-state index in [1.807, 2.05) is 26.8 Å². The number of carbonyl (C=O) groups excluding carboxylic acids is 1. The molecule has 1 aromatic carbocycles. The van der Waals surface area contributed by atoms with Gasteiger partial charge in [-0.2, -0.15) is 0 Å². The molecule has 5 nitrogen and oxygen atoms in total. The molecule has 23 heavy (non-hydrogen) atoms. The van der Waals surface area contributed by atoms with Crippen molar-refractivity contribution in [2.45, 2.75) is 45.8 Å². The van der Waals surface area contributed by atoms with E-state index in [0.29, 0.717) is 29.6 Å². The van der Waals surface area contributed by atoms with Crippen molar-refractivity contribution in [1.82, 2.24) is 4.90 Å². The van der Waals surface area contributed by atoms with Crippen molar-refractivity contribution in [3.63, 3.8) is 0 Å². The van der Waals surface area contributed by atoms with E-state index in [1.165, 1.54) is 0 Å². The van der Waals surface area contributed by atoms with Gasteiger partial charge in [0.05, 0.1) is 19.2 Å². The van der Waals surface area contributed by atoms with Gasteiger partial charge in [-0.05, 0) is 50.8 Å². The minimum atomic E-state index is -0.512. The number of carbonyl (C=O) groups is 1. The first-order valence-electron chi connectivity index (χ1n) is 7.67. The summed E-state index contributed by atoms with van der Waals surface area (Å²) < 4.78 is 16.2. The Bertz CT molecular complexity index is 595. The Morgan fingerprint density at radius 3 is 2.52 bits per heavy atom. The third kappa shape index (κ3) is 4.02. The summed E-state index contributed by atoms with van der Waals surface area (Å²) in [7, 11) is 3.14. The number of benzene rings is 1. The molecule has 0 aliphatic carbocycles. The fraction of sp³-hybridized carbons (Fsp3) is 0.588. The van der Waals surface area contributed by atoms with E-state index in [9.17, 15) is 4.79 Å². The fourth-order valence-electron chi connectivity index (χ4n) is 2.66. The monoisotopic (exact) mass is 341 g/mol. The number of halogens is 1. The molecule has 1 heterocycles. The molecule has 0 bridgehead atoms. The molecule has 1 aliphatic rings. The number of hydrogen-bond acceptors (Lipinski definition) is 4. The van der Waals surface area contributed by atoms with Crippen molar-refractivity contribution in [3.05, 3.63) is 22.2 Å². The van der Waals surface area contributed by atoms with Crippen LogP contribution in [0.15, 0.2) is 6.07 Å². The number of fused-ring (bicyclic) bond motifs is 1. The lowest BCUT2D eigenvalue weighted by molar-refractivity contribution is 0.0236. The lowest BCUT2D eigenvalue weighted by Crippen LogP contribution is -2.36. The van der Waals surface area contributed by atoms with Gasteiger partial charge < -0.3 is 19.1 Å². The molecule has 0 saturated heterocycles. The summed E-state index contributed by atoms with van der Waals surface area (Å²) in [4.78, 5) is 14.1. The summed E-state index contributed by atoms with van der Waals surface area (Å²) in [6, 6.07) is 1.89. The van der Waals surface area contributed by atoms with Crippen molar-refractivity contribution >= 4 is 17.7 Å². The number of rotatable bonds is 2. The van der Waals surface area contributed by atoms with Crippen molar-refractivity contribution in [3.8, 4) is 11.5 Å². The second kappa shape index (κ2) is 6.87. The van der Waals surface area contributed by atoms with Gasteiger partial charge in [0.25, 0.3) is 0 Å². The average molecular weight is 342 g/mol. The maximum Gasteiger partial charge on any atom is 0.410 e. The molecule has 0 fully saturated rings. The number of hydrogen-bond donors (Lipinski definition) is 0. The first kappa shape index (κ1) is 17.7. The number of amides is 1. The van der Waals surface area contributed by atoms with Gasteiger partial charge in [-0.15, -0.1) is 0 Å². The summed E-state index contributed by atoms with van der Waals surface area (Å²) in [6.07, 6.45) is 1.30. The molecule has 0 aromatic heterocycles. The van der Waals surface area contributed by atoms with Gasteiger partial charge >= 0.3 is 6.09 Å². The van der Waals surface area contributed by atoms with Crippen molar-refractivity contribution < 1.29 is 19.0 Å². The van der Waals surface area contributed by atoms with Crippen LogP contribution >= 0.6 is 11.6 Å². The third-order valence-corrected chi connectivity index (χ3v) is 4.07. The largest absolute Gasteiger partial charge is 0.493 e. The first-order chi connectivity index (χ1) is 10.8. The molecule has 128 valence electrons. The predicted molar refractivity (Wildman–Crippen MR) is 89.5 cm³/mol. The second-order valence-corrected chi connectivity index (χ2v) is 6.95. The van der Waals surface area contributed by atoms with Crippen LogP contribution in [0.3, 0.4) is 0 Å². The average Bonchev–Trinajstić information content (AvgIpc) is 2.67. The van der Waals surface area contributed by atoms with E-state index in [1.54, 1.807) is 19.1 Å². The van der Waals surface area contributed by atoms with Crippen molar-refractivity contribution in [1.29, 1.82) is 0 Å². The SMILES string of the molecule is COc1cc2c(c(Cl)c1OC)CCCN(C(=O)OC(C)(C)C)C2. The highest BCUT2D eigenvalue weighted by Crippen LogP contribution is 2.41. The van der Waals surface area contributed by atoms with E-state index >= 15 is 0 Å². The Hall–Kier alpha value is -1.62. The van der Waals surface area contributed by atoms with Gasteiger partial charge in [0, 0.05) is 13.1 Å². The molecule has 2 rings (SSSR count). The zero-order chi connectivity index (χ0) is 17.2. The molecule has 1 aromatic rings. The maximum absolute atomic E-state index is 12.4. The second-order valence-electron chi connectivity index (χ2n) is 6.57. The highest BCUT2D eigenvalue weighted by molar-refractivity contribution is 6.33. The van der Waals surface area contributed by atoms with Gasteiger partial charge in [-0.3, -0.25) is 0 Å². The molecule has 0 unspecified atom stereocenters. The predicted octanol–water partition coefficient (Wildman–Crippen LogP) is 4.04. The smallest absolute Gasteiger partial charge is 0.410 e. The molecule has 0 spiro atoms. The van der Waals surface area contributed by atoms with Gasteiger partial charge in [0.2, 0.25) is 0 Å². The summed E-state index contributed by atoms with van der Waals surface area (Å²) in [5, 5.41) is 0.563. The Morgan fingerprint density at radius 1 is 1.26 bits per heavy atom. The number of ether oxygens (including phenoxy) is 3. The standard InChI is InChI=1S/C17H24ClNO4/c1-17(2,3)23-16(20)19-8-6-7-12-11(10-19)9-13(21-4)15(22-5)14(12)18/h9H,6-8,10H2,1-5H3. The lowest BCUT2D eigenvalue weighted by Gasteiger charge is -2.26. The minimum Gasteiger partial charge on any atom is -0.493 e. The Balaban J connectivity index is 2.33. The summed E-state index contributed by atoms with van der Waals surface area (Å²) in [5.74, 6) is 1.11. The lowest BCUT2D eigenvalue weighted by atomic mass is 10.0. The van der Waals surface area contributed by atoms with Crippen LogP contribution in [0, 0.1) is 0 Å². The first-order valence-corrected chi connectivity index (χ1v) is 8.04. The van der Waals surface area contributed by atoms with Crippen LogP contribution in [0.25, 0.3) is 0 Å². The van der Waals surface area contributed by atoms with Gasteiger partial charge in [-0.1, -0.05) is 11.6 Å². The Kier molecular flexibility index (Phi) is 5.30. The zero-order valence-corrected chi connectivity index (χ0v) is 15.1. The molecule has 1 aliphatic heterocycles. The van der Waals surface area contributed by atoms with Crippen molar-refractivity contribution in [2.75, 3.05) is 20.8 Å². The Morgan fingerprint density at radius 2 is 1.96 bits per heavy atom. The van der Waals surface area contributed by atoms with Crippen LogP contribution in [0.5, 0.6) is 11.5 Å². The van der Waals surface area contributed by atoms with Crippen LogP contribution in [0.4, 0.5) is 4.79 Å². The topological polar surface area (TPSA) is 48.0 Å². The van der Waals surface area contributed by atoms with Crippen LogP contribution < -0.4 is 9.47 Å². The summed E-state index contributed by atoms with van der Waals surface area (Å²) in [5.41, 5.74) is 1.47. The Labute approximate surface area is 142 Å². The molecule has 0 saturated carbocycles. The van der Waals surface area contributed by atoms with Gasteiger partial charge in [0.15, 0.2) is 11.5 Å². The summed E-state index contributed by atoms with van der Waals surface area (Å²) >= 11 is 6.48. The molecule has 0 radical (unpaired) electrons. The van der Waals surface area contributed by atoms with E-state index in [2.05, 4.69) is 0 Å². The van der Waals surface area contributed by atoms with Crippen molar-refractivity contribution in [2.24, 2.45) is 0 Å². The highest BCUT2D eigenvalue weighted by Gasteiger charge is 2.27. The van der Waals surface area contributed by atoms with Crippen LogP contribution in [-0.2, 0) is 17.7 Å². The zero-order valence-electron chi connectivity index (χ0n) is 14.4. The van der Waals surface area contributed by atoms with Crippen LogP contribution in [0.2, 0.25) is 5.02 Å². The maximum atomic E-state index is 12.4. The third-order valence-electron chi connectivity index (χ3n) is 3.67. The fourth-order valence-corrected chi connectivity index (χ4v) is 3.05. The molecular weight excluding hydrogens is 318 g/mol. The van der Waals surface area contributed by atoms with E-state index < -0.39 is 5.60 Å². The van der Waals surface area contributed by atoms with E-state index in [4.69, 9.17) is 25.8 Å². The van der Waals surface area contributed by atoms with Crippen LogP contribution in [0.1, 0.15) is 38.3 Å². The van der Waals surface area contributed by atoms with E-state index in [-0.39, 0.29) is 6.09 Å². The summed E-state index contributed by atoms with van der Waals surface area (Å²) in [6.45, 7) is 6.67. The van der Waals surface area contributed by atoms with Gasteiger partial charge in [0.1, 0.15) is 5.60 Å². The normalized spacial score (nSPS) is 14.8. The minimum absolute atomic E-state index is 0.309. The molecule has 1 amide bonds. The molecule has 6 heteroatoms.